The smallest absolute Gasteiger partial charge is 0.231 e. The van der Waals surface area contributed by atoms with E-state index in [1.54, 1.807) is 34.9 Å². The number of benzene rings is 2. The number of hydrogen-bond acceptors (Lipinski definition) is 6. The van der Waals surface area contributed by atoms with Gasteiger partial charge in [0.1, 0.15) is 18.1 Å². The molecule has 0 aliphatic rings. The minimum absolute atomic E-state index is 0.0253. The molecule has 3 aromatic rings. The number of thioether (sulfide) groups is 1. The summed E-state index contributed by atoms with van der Waals surface area (Å²) in [6, 6.07) is 15.4. The normalized spacial score (nSPS) is 10.4. The van der Waals surface area contributed by atoms with Gasteiger partial charge in [0.2, 0.25) is 5.91 Å². The Hall–Kier alpha value is -3.38. The van der Waals surface area contributed by atoms with Gasteiger partial charge in [0.25, 0.3) is 0 Å². The van der Waals surface area contributed by atoms with E-state index in [2.05, 4.69) is 15.5 Å². The molecule has 0 unspecified atom stereocenters. The topological polar surface area (TPSA) is 92.8 Å². The van der Waals surface area contributed by atoms with Gasteiger partial charge in [0, 0.05) is 5.56 Å². The second kappa shape index (κ2) is 9.71. The Morgan fingerprint density at radius 1 is 1.24 bits per heavy atom. The lowest BCUT2D eigenvalue weighted by atomic mass is 10.2. The van der Waals surface area contributed by atoms with E-state index in [0.29, 0.717) is 17.6 Å². The second-order valence-electron chi connectivity index (χ2n) is 5.77. The van der Waals surface area contributed by atoms with Crippen molar-refractivity contribution in [1.82, 2.24) is 20.1 Å². The van der Waals surface area contributed by atoms with Gasteiger partial charge in [-0.2, -0.15) is 5.26 Å². The van der Waals surface area contributed by atoms with E-state index in [1.165, 1.54) is 6.07 Å². The van der Waals surface area contributed by atoms with Crippen molar-refractivity contribution in [2.45, 2.75) is 12.1 Å². The lowest BCUT2D eigenvalue weighted by Gasteiger charge is -2.11. The summed E-state index contributed by atoms with van der Waals surface area (Å²) in [5.74, 6) is 0.435. The van der Waals surface area contributed by atoms with Crippen molar-refractivity contribution < 1.29 is 13.9 Å². The summed E-state index contributed by atoms with van der Waals surface area (Å²) >= 11 is 1.11. The Morgan fingerprint density at radius 3 is 2.69 bits per heavy atom. The van der Waals surface area contributed by atoms with E-state index < -0.39 is 5.82 Å². The highest BCUT2D eigenvalue weighted by molar-refractivity contribution is 7.99. The standard InChI is InChI=1S/C20H18FN5O2S/c1-2-28-15-9-7-14(8-10-15)19-24-25-20(29-13-18(27)23-12-11-22)26(19)17-6-4-3-5-16(17)21/h3-10H,2,12-13H2,1H3,(H,23,27). The predicted octanol–water partition coefficient (Wildman–Crippen LogP) is 3.20. The van der Waals surface area contributed by atoms with E-state index in [0.717, 1.165) is 23.1 Å². The maximum atomic E-state index is 14.5. The van der Waals surface area contributed by atoms with Crippen molar-refractivity contribution >= 4 is 17.7 Å². The predicted molar refractivity (Wildman–Crippen MR) is 107 cm³/mol. The third-order valence-electron chi connectivity index (χ3n) is 3.85. The molecule has 0 atom stereocenters. The molecule has 0 radical (unpaired) electrons. The minimum atomic E-state index is -0.435. The molecule has 0 saturated heterocycles. The number of nitrogens with one attached hydrogen (secondary N) is 1. The zero-order valence-corrected chi connectivity index (χ0v) is 16.4. The van der Waals surface area contributed by atoms with Crippen LogP contribution < -0.4 is 10.1 Å². The van der Waals surface area contributed by atoms with Crippen LogP contribution in [0.25, 0.3) is 17.1 Å². The maximum Gasteiger partial charge on any atom is 0.231 e. The van der Waals surface area contributed by atoms with Crippen molar-refractivity contribution in [2.75, 3.05) is 18.9 Å². The number of aromatic nitrogens is 3. The highest BCUT2D eigenvalue weighted by Crippen LogP contribution is 2.30. The summed E-state index contributed by atoms with van der Waals surface area (Å²) in [4.78, 5) is 11.8. The van der Waals surface area contributed by atoms with Crippen LogP contribution in [0.2, 0.25) is 0 Å². The number of nitriles is 1. The van der Waals surface area contributed by atoms with E-state index >= 15 is 0 Å². The molecule has 0 aliphatic carbocycles. The number of amides is 1. The van der Waals surface area contributed by atoms with Gasteiger partial charge < -0.3 is 10.1 Å². The largest absolute Gasteiger partial charge is 0.494 e. The molecule has 1 aromatic heterocycles. The molecule has 7 nitrogen and oxygen atoms in total. The molecule has 0 aliphatic heterocycles. The number of para-hydroxylation sites is 1. The Morgan fingerprint density at radius 2 is 2.00 bits per heavy atom. The molecule has 9 heteroatoms. The highest BCUT2D eigenvalue weighted by atomic mass is 32.2. The number of nitrogens with zero attached hydrogens (tertiary/aromatic N) is 4. The zero-order valence-electron chi connectivity index (χ0n) is 15.6. The number of halogens is 1. The third kappa shape index (κ3) is 4.92. The van der Waals surface area contributed by atoms with E-state index in [9.17, 15) is 9.18 Å². The third-order valence-corrected chi connectivity index (χ3v) is 4.78. The van der Waals surface area contributed by atoms with Crippen molar-refractivity contribution in [3.8, 4) is 28.9 Å². The van der Waals surface area contributed by atoms with Crippen LogP contribution in [0.3, 0.4) is 0 Å². The molecule has 1 heterocycles. The molecular formula is C20H18FN5O2S. The number of rotatable bonds is 8. The molecule has 1 N–H and O–H groups in total. The minimum Gasteiger partial charge on any atom is -0.494 e. The summed E-state index contributed by atoms with van der Waals surface area (Å²) in [6.45, 7) is 2.38. The molecule has 3 rings (SSSR count). The number of carbonyl (C=O) groups is 1. The van der Waals surface area contributed by atoms with Crippen molar-refractivity contribution in [3.05, 3.63) is 54.3 Å². The molecule has 0 spiro atoms. The van der Waals surface area contributed by atoms with Gasteiger partial charge in [-0.3, -0.25) is 9.36 Å². The average Bonchev–Trinajstić information content (AvgIpc) is 3.15. The number of carbonyl (C=O) groups excluding carboxylic acids is 1. The van der Waals surface area contributed by atoms with Gasteiger partial charge in [0.05, 0.1) is 24.1 Å². The van der Waals surface area contributed by atoms with E-state index in [1.807, 2.05) is 25.1 Å². The summed E-state index contributed by atoms with van der Waals surface area (Å²) in [7, 11) is 0. The lowest BCUT2D eigenvalue weighted by molar-refractivity contribution is -0.118. The van der Waals surface area contributed by atoms with Gasteiger partial charge in [0.15, 0.2) is 11.0 Å². The second-order valence-corrected chi connectivity index (χ2v) is 6.72. The van der Waals surface area contributed by atoms with Crippen molar-refractivity contribution in [3.63, 3.8) is 0 Å². The fourth-order valence-electron chi connectivity index (χ4n) is 2.59. The van der Waals surface area contributed by atoms with Crippen LogP contribution in [0, 0.1) is 17.1 Å². The molecule has 2 aromatic carbocycles. The van der Waals surface area contributed by atoms with Gasteiger partial charge in [-0.05, 0) is 43.3 Å². The maximum absolute atomic E-state index is 14.5. The Bertz CT molecular complexity index is 1030. The van der Waals surface area contributed by atoms with Crippen molar-refractivity contribution in [2.24, 2.45) is 0 Å². The SMILES string of the molecule is CCOc1ccc(-c2nnc(SCC(=O)NCC#N)n2-c2ccccc2F)cc1. The van der Waals surface area contributed by atoms with E-state index in [-0.39, 0.29) is 23.9 Å². The van der Waals surface area contributed by atoms with E-state index in [4.69, 9.17) is 10.00 Å². The Labute approximate surface area is 171 Å². The Balaban J connectivity index is 1.96. The molecule has 148 valence electrons. The van der Waals surface area contributed by atoms with Gasteiger partial charge in [-0.15, -0.1) is 10.2 Å². The molecular weight excluding hydrogens is 393 g/mol. The molecule has 0 saturated carbocycles. The Kier molecular flexibility index (Phi) is 6.81. The summed E-state index contributed by atoms with van der Waals surface area (Å²) < 4.78 is 21.6. The van der Waals surface area contributed by atoms with Crippen LogP contribution >= 0.6 is 11.8 Å². The monoisotopic (exact) mass is 411 g/mol. The highest BCUT2D eigenvalue weighted by Gasteiger charge is 2.19. The molecule has 0 bridgehead atoms. The zero-order chi connectivity index (χ0) is 20.6. The van der Waals surface area contributed by atoms with Gasteiger partial charge in [-0.1, -0.05) is 23.9 Å². The molecule has 1 amide bonds. The van der Waals surface area contributed by atoms with Crippen molar-refractivity contribution in [1.29, 1.82) is 5.26 Å². The summed E-state index contributed by atoms with van der Waals surface area (Å²) in [5, 5.41) is 19.8. The number of ether oxygens (including phenoxy) is 1. The number of hydrogen-bond donors (Lipinski definition) is 1. The molecule has 0 fully saturated rings. The average molecular weight is 411 g/mol. The first-order valence-electron chi connectivity index (χ1n) is 8.84. The van der Waals surface area contributed by atoms with Crippen LogP contribution in [0.1, 0.15) is 6.92 Å². The van der Waals surface area contributed by atoms with Crippen LogP contribution in [-0.4, -0.2) is 39.6 Å². The fraction of sp³-hybridized carbons (Fsp3) is 0.200. The van der Waals surface area contributed by atoms with Gasteiger partial charge in [-0.25, -0.2) is 4.39 Å². The lowest BCUT2D eigenvalue weighted by Crippen LogP contribution is -2.25. The van der Waals surface area contributed by atoms with Crippen LogP contribution in [0.15, 0.2) is 53.7 Å². The molecule has 29 heavy (non-hydrogen) atoms. The fourth-order valence-corrected chi connectivity index (χ4v) is 3.36. The van der Waals surface area contributed by atoms with Crippen LogP contribution in [-0.2, 0) is 4.79 Å². The first kappa shape index (κ1) is 20.4. The first-order chi connectivity index (χ1) is 14.1. The summed E-state index contributed by atoms with van der Waals surface area (Å²) in [5.41, 5.74) is 1.01. The summed E-state index contributed by atoms with van der Waals surface area (Å²) in [6.07, 6.45) is 0. The first-order valence-corrected chi connectivity index (χ1v) is 9.82. The van der Waals surface area contributed by atoms with Gasteiger partial charge >= 0.3 is 0 Å². The van der Waals surface area contributed by atoms with Crippen LogP contribution in [0.4, 0.5) is 4.39 Å². The van der Waals surface area contributed by atoms with Crippen LogP contribution in [0.5, 0.6) is 5.75 Å². The quantitative estimate of drug-likeness (QED) is 0.452.